The van der Waals surface area contributed by atoms with Gasteiger partial charge >= 0.3 is 6.01 Å². The lowest BCUT2D eigenvalue weighted by molar-refractivity contribution is 0.403. The minimum absolute atomic E-state index is 0.326. The minimum atomic E-state index is 0.326. The lowest BCUT2D eigenvalue weighted by Crippen LogP contribution is -2.24. The summed E-state index contributed by atoms with van der Waals surface area (Å²) in [6, 6.07) is 0.662. The lowest BCUT2D eigenvalue weighted by atomic mass is 10.2. The zero-order valence-corrected chi connectivity index (χ0v) is 10.2. The average molecular weight is 211 g/mol. The second-order valence-corrected chi connectivity index (χ2v) is 4.02. The van der Waals surface area contributed by atoms with Gasteiger partial charge in [-0.25, -0.2) is 0 Å². The second kappa shape index (κ2) is 5.73. The maximum Gasteiger partial charge on any atom is 0.324 e. The molecule has 4 heteroatoms. The molecule has 0 aromatic carbocycles. The van der Waals surface area contributed by atoms with Crippen molar-refractivity contribution in [1.82, 2.24) is 10.1 Å². The number of anilines is 1. The van der Waals surface area contributed by atoms with Gasteiger partial charge in [0.25, 0.3) is 0 Å². The van der Waals surface area contributed by atoms with Gasteiger partial charge < -0.3 is 9.42 Å². The first-order chi connectivity index (χ1) is 7.19. The fourth-order valence-corrected chi connectivity index (χ4v) is 1.33. The lowest BCUT2D eigenvalue weighted by Gasteiger charge is -2.16. The molecular weight excluding hydrogens is 190 g/mol. The van der Waals surface area contributed by atoms with Crippen LogP contribution in [0.2, 0.25) is 0 Å². The molecule has 1 aromatic rings. The number of hydrogen-bond donors (Lipinski definition) is 0. The zero-order valence-electron chi connectivity index (χ0n) is 10.2. The maximum absolute atomic E-state index is 5.24. The Kier molecular flexibility index (Phi) is 4.59. The van der Waals surface area contributed by atoms with Gasteiger partial charge in [0.1, 0.15) is 0 Å². The number of rotatable bonds is 6. The molecule has 0 atom stereocenters. The van der Waals surface area contributed by atoms with Crippen molar-refractivity contribution in [3.8, 4) is 0 Å². The van der Waals surface area contributed by atoms with Gasteiger partial charge in [0.15, 0.2) is 5.82 Å². The zero-order chi connectivity index (χ0) is 11.3. The number of hydrogen-bond acceptors (Lipinski definition) is 4. The Morgan fingerprint density at radius 1 is 1.33 bits per heavy atom. The standard InChI is InChI=1S/C11H21N3O/c1-5-7-8-14(6-2)11-12-10(9(3)4)13-15-11/h9H,5-8H2,1-4H3. The molecule has 1 rings (SSSR count). The second-order valence-electron chi connectivity index (χ2n) is 4.02. The summed E-state index contributed by atoms with van der Waals surface area (Å²) in [5.74, 6) is 1.12. The van der Waals surface area contributed by atoms with Crippen LogP contribution in [0, 0.1) is 0 Å². The molecule has 0 aliphatic carbocycles. The van der Waals surface area contributed by atoms with Gasteiger partial charge in [-0.1, -0.05) is 32.3 Å². The van der Waals surface area contributed by atoms with Gasteiger partial charge in [-0.3, -0.25) is 0 Å². The van der Waals surface area contributed by atoms with Crippen molar-refractivity contribution < 1.29 is 4.52 Å². The van der Waals surface area contributed by atoms with Crippen LogP contribution in [0.5, 0.6) is 0 Å². The molecule has 0 radical (unpaired) electrons. The summed E-state index contributed by atoms with van der Waals surface area (Å²) >= 11 is 0. The van der Waals surface area contributed by atoms with Crippen LogP contribution < -0.4 is 4.90 Å². The molecule has 0 spiro atoms. The van der Waals surface area contributed by atoms with E-state index in [9.17, 15) is 0 Å². The van der Waals surface area contributed by atoms with Gasteiger partial charge in [-0.2, -0.15) is 4.98 Å². The van der Waals surface area contributed by atoms with E-state index in [2.05, 4.69) is 42.7 Å². The van der Waals surface area contributed by atoms with Crippen LogP contribution in [0.25, 0.3) is 0 Å². The highest BCUT2D eigenvalue weighted by Crippen LogP contribution is 2.16. The Balaban J connectivity index is 2.65. The van der Waals surface area contributed by atoms with Crippen molar-refractivity contribution in [1.29, 1.82) is 0 Å². The van der Waals surface area contributed by atoms with Crippen molar-refractivity contribution >= 4 is 6.01 Å². The summed E-state index contributed by atoms with van der Waals surface area (Å²) < 4.78 is 5.24. The van der Waals surface area contributed by atoms with Crippen LogP contribution in [0.3, 0.4) is 0 Å². The Morgan fingerprint density at radius 2 is 2.07 bits per heavy atom. The quantitative estimate of drug-likeness (QED) is 0.725. The topological polar surface area (TPSA) is 42.2 Å². The van der Waals surface area contributed by atoms with E-state index in [0.717, 1.165) is 25.3 Å². The number of aromatic nitrogens is 2. The van der Waals surface area contributed by atoms with Crippen LogP contribution in [-0.2, 0) is 0 Å². The van der Waals surface area contributed by atoms with Crippen molar-refractivity contribution in [3.63, 3.8) is 0 Å². The van der Waals surface area contributed by atoms with Crippen LogP contribution in [-0.4, -0.2) is 23.2 Å². The molecule has 86 valence electrons. The highest BCUT2D eigenvalue weighted by molar-refractivity contribution is 5.24. The molecule has 15 heavy (non-hydrogen) atoms. The van der Waals surface area contributed by atoms with Crippen LogP contribution in [0.1, 0.15) is 52.3 Å². The SMILES string of the molecule is CCCCN(CC)c1nc(C(C)C)no1. The molecule has 0 aliphatic rings. The van der Waals surface area contributed by atoms with E-state index < -0.39 is 0 Å². The molecule has 0 aliphatic heterocycles. The first kappa shape index (κ1) is 12.0. The van der Waals surface area contributed by atoms with E-state index in [4.69, 9.17) is 4.52 Å². The summed E-state index contributed by atoms with van der Waals surface area (Å²) in [6.07, 6.45) is 2.34. The predicted octanol–water partition coefficient (Wildman–Crippen LogP) is 2.82. The first-order valence-electron chi connectivity index (χ1n) is 5.77. The molecule has 4 nitrogen and oxygen atoms in total. The molecule has 0 bridgehead atoms. The van der Waals surface area contributed by atoms with Gasteiger partial charge in [0, 0.05) is 19.0 Å². The monoisotopic (exact) mass is 211 g/mol. The average Bonchev–Trinajstić information content (AvgIpc) is 2.68. The van der Waals surface area contributed by atoms with Crippen LogP contribution in [0.15, 0.2) is 4.52 Å². The fourth-order valence-electron chi connectivity index (χ4n) is 1.33. The molecule has 1 aromatic heterocycles. The highest BCUT2D eigenvalue weighted by atomic mass is 16.5. The Morgan fingerprint density at radius 3 is 2.53 bits per heavy atom. The predicted molar refractivity (Wildman–Crippen MR) is 61.2 cm³/mol. The summed E-state index contributed by atoms with van der Waals surface area (Å²) in [5, 5.41) is 3.96. The largest absolute Gasteiger partial charge is 0.325 e. The van der Waals surface area contributed by atoms with Gasteiger partial charge in [-0.05, 0) is 13.3 Å². The van der Waals surface area contributed by atoms with E-state index in [1.54, 1.807) is 0 Å². The summed E-state index contributed by atoms with van der Waals surface area (Å²) in [5.41, 5.74) is 0. The molecule has 0 fully saturated rings. The third kappa shape index (κ3) is 3.22. The van der Waals surface area contributed by atoms with Crippen molar-refractivity contribution in [2.45, 2.75) is 46.5 Å². The molecule has 0 unspecified atom stereocenters. The Bertz CT molecular complexity index is 283. The van der Waals surface area contributed by atoms with E-state index in [1.165, 1.54) is 6.42 Å². The third-order valence-electron chi connectivity index (χ3n) is 2.38. The molecular formula is C11H21N3O. The highest BCUT2D eigenvalue weighted by Gasteiger charge is 2.14. The van der Waals surface area contributed by atoms with E-state index in [1.807, 2.05) is 0 Å². The summed E-state index contributed by atoms with van der Waals surface area (Å²) in [7, 11) is 0. The smallest absolute Gasteiger partial charge is 0.324 e. The molecule has 0 saturated carbocycles. The summed E-state index contributed by atoms with van der Waals surface area (Å²) in [6.45, 7) is 10.3. The van der Waals surface area contributed by atoms with E-state index in [-0.39, 0.29) is 0 Å². The fraction of sp³-hybridized carbons (Fsp3) is 0.818. The summed E-state index contributed by atoms with van der Waals surface area (Å²) in [4.78, 5) is 6.51. The number of nitrogens with zero attached hydrogens (tertiary/aromatic N) is 3. The minimum Gasteiger partial charge on any atom is -0.325 e. The Labute approximate surface area is 91.7 Å². The van der Waals surface area contributed by atoms with Gasteiger partial charge in [-0.15, -0.1) is 0 Å². The van der Waals surface area contributed by atoms with E-state index >= 15 is 0 Å². The normalized spacial score (nSPS) is 11.0. The molecule has 1 heterocycles. The number of unbranched alkanes of at least 4 members (excludes halogenated alkanes) is 1. The Hall–Kier alpha value is -1.06. The van der Waals surface area contributed by atoms with E-state index in [0.29, 0.717) is 11.9 Å². The molecule has 0 saturated heterocycles. The van der Waals surface area contributed by atoms with Crippen molar-refractivity contribution in [2.24, 2.45) is 0 Å². The van der Waals surface area contributed by atoms with Crippen LogP contribution in [0.4, 0.5) is 6.01 Å². The van der Waals surface area contributed by atoms with Gasteiger partial charge in [0.05, 0.1) is 0 Å². The molecule has 0 N–H and O–H groups in total. The van der Waals surface area contributed by atoms with Gasteiger partial charge in [0.2, 0.25) is 0 Å². The maximum atomic E-state index is 5.24. The van der Waals surface area contributed by atoms with Crippen molar-refractivity contribution in [3.05, 3.63) is 5.82 Å². The van der Waals surface area contributed by atoms with Crippen LogP contribution >= 0.6 is 0 Å². The third-order valence-corrected chi connectivity index (χ3v) is 2.38. The first-order valence-corrected chi connectivity index (χ1v) is 5.77. The van der Waals surface area contributed by atoms with Crippen molar-refractivity contribution in [2.75, 3.05) is 18.0 Å². The molecule has 0 amide bonds.